The van der Waals surface area contributed by atoms with Gasteiger partial charge in [-0.15, -0.1) is 0 Å². The summed E-state index contributed by atoms with van der Waals surface area (Å²) in [6.07, 6.45) is 15.8. The highest BCUT2D eigenvalue weighted by Crippen LogP contribution is 2.70. The van der Waals surface area contributed by atoms with Crippen LogP contribution in [0.25, 0.3) is 49.7 Å². The van der Waals surface area contributed by atoms with Crippen molar-refractivity contribution in [3.8, 4) is 27.9 Å². The van der Waals surface area contributed by atoms with Crippen molar-refractivity contribution in [2.75, 3.05) is 0 Å². The molecule has 0 aliphatic heterocycles. The van der Waals surface area contributed by atoms with Gasteiger partial charge in [0.25, 0.3) is 0 Å². The zero-order chi connectivity index (χ0) is 42.2. The minimum Gasteiger partial charge on any atom is -0.309 e. The molecule has 8 aromatic rings. The van der Waals surface area contributed by atoms with Gasteiger partial charge in [0.05, 0.1) is 11.0 Å². The number of hydrogen-bond donors (Lipinski definition) is 0. The summed E-state index contributed by atoms with van der Waals surface area (Å²) in [5, 5.41) is 2.62. The molecule has 8 saturated carbocycles. The molecule has 0 saturated heterocycles. The Kier molecular flexibility index (Phi) is 7.32. The number of nitrogens with zero attached hydrogens (tertiary/aromatic N) is 1. The Hall–Kier alpha value is -5.66. The van der Waals surface area contributed by atoms with Gasteiger partial charge >= 0.3 is 0 Å². The molecule has 1 heterocycles. The van der Waals surface area contributed by atoms with Crippen molar-refractivity contribution in [2.24, 2.45) is 47.3 Å². The van der Waals surface area contributed by atoms with Crippen LogP contribution in [0.4, 0.5) is 0 Å². The lowest BCUT2D eigenvalue weighted by atomic mass is 9.43. The third-order valence-corrected chi connectivity index (χ3v) is 20.2. The smallest absolute Gasteiger partial charge is 0.0541 e. The first-order valence-corrected chi connectivity index (χ1v) is 25.7. The maximum Gasteiger partial charge on any atom is 0.0541 e. The molecule has 0 radical (unpaired) electrons. The molecule has 10 aliphatic carbocycles. The predicted octanol–water partition coefficient (Wildman–Crippen LogP) is 15.8. The van der Waals surface area contributed by atoms with Crippen molar-refractivity contribution in [2.45, 2.75) is 87.4 Å². The van der Waals surface area contributed by atoms with Crippen molar-refractivity contribution in [1.29, 1.82) is 0 Å². The van der Waals surface area contributed by atoms with Crippen molar-refractivity contribution in [3.05, 3.63) is 197 Å². The lowest BCUT2D eigenvalue weighted by Gasteiger charge is -2.61. The highest BCUT2D eigenvalue weighted by molar-refractivity contribution is 6.09. The summed E-state index contributed by atoms with van der Waals surface area (Å²) in [6.45, 7) is 0. The van der Waals surface area contributed by atoms with E-state index in [1.807, 2.05) is 0 Å². The molecule has 18 rings (SSSR count). The summed E-state index contributed by atoms with van der Waals surface area (Å²) in [5.41, 5.74) is 21.0. The fourth-order valence-electron chi connectivity index (χ4n) is 18.4. The molecule has 318 valence electrons. The van der Waals surface area contributed by atoms with Gasteiger partial charge in [-0.1, -0.05) is 128 Å². The first kappa shape index (κ1) is 36.5. The second kappa shape index (κ2) is 13.0. The fraction of sp³-hybridized carbons (Fsp3) is 0.344. The maximum atomic E-state index is 2.69. The predicted molar refractivity (Wildman–Crippen MR) is 266 cm³/mol. The summed E-state index contributed by atoms with van der Waals surface area (Å²) < 4.78 is 2.47. The number of para-hydroxylation sites is 2. The van der Waals surface area contributed by atoms with Crippen LogP contribution in [0.1, 0.15) is 115 Å². The van der Waals surface area contributed by atoms with Crippen LogP contribution in [0.15, 0.2) is 158 Å². The molecule has 1 nitrogen and oxygen atoms in total. The molecule has 10 aliphatic rings. The van der Waals surface area contributed by atoms with E-state index in [2.05, 4.69) is 162 Å². The van der Waals surface area contributed by atoms with Crippen LogP contribution in [0.5, 0.6) is 0 Å². The van der Waals surface area contributed by atoms with Crippen molar-refractivity contribution < 1.29 is 0 Å². The lowest BCUT2D eigenvalue weighted by molar-refractivity contribution is -0.0399. The number of aromatic nitrogens is 1. The molecule has 65 heavy (non-hydrogen) atoms. The summed E-state index contributed by atoms with van der Waals surface area (Å²) in [6, 6.07) is 62.9. The normalized spacial score (nSPS) is 32.0. The molecular weight excluding hydrogens is 783 g/mol. The van der Waals surface area contributed by atoms with Crippen LogP contribution in [0.2, 0.25) is 0 Å². The van der Waals surface area contributed by atoms with E-state index in [-0.39, 0.29) is 16.7 Å². The third-order valence-electron chi connectivity index (χ3n) is 20.2. The summed E-state index contributed by atoms with van der Waals surface area (Å²) in [4.78, 5) is 0. The van der Waals surface area contributed by atoms with Crippen LogP contribution in [0.3, 0.4) is 0 Å². The van der Waals surface area contributed by atoms with E-state index >= 15 is 0 Å². The van der Waals surface area contributed by atoms with Gasteiger partial charge in [-0.25, -0.2) is 0 Å². The van der Waals surface area contributed by atoms with Gasteiger partial charge in [-0.3, -0.25) is 0 Å². The Morgan fingerprint density at radius 2 is 0.785 bits per heavy atom. The highest BCUT2D eigenvalue weighted by atomic mass is 15.0. The lowest BCUT2D eigenvalue weighted by Crippen LogP contribution is -2.55. The molecule has 6 atom stereocenters. The Morgan fingerprint density at radius 1 is 0.354 bits per heavy atom. The first-order chi connectivity index (χ1) is 32.1. The van der Waals surface area contributed by atoms with Gasteiger partial charge < -0.3 is 4.57 Å². The van der Waals surface area contributed by atoms with Gasteiger partial charge in [0.2, 0.25) is 0 Å². The van der Waals surface area contributed by atoms with Crippen LogP contribution in [0, 0.1) is 47.3 Å². The first-order valence-electron chi connectivity index (χ1n) is 25.7. The van der Waals surface area contributed by atoms with Crippen LogP contribution in [-0.4, -0.2) is 4.57 Å². The zero-order valence-electron chi connectivity index (χ0n) is 37.4. The average molecular weight is 840 g/mol. The van der Waals surface area contributed by atoms with E-state index in [1.54, 1.807) is 22.3 Å². The van der Waals surface area contributed by atoms with E-state index in [0.29, 0.717) is 0 Å². The van der Waals surface area contributed by atoms with E-state index in [1.165, 1.54) is 137 Å². The highest BCUT2D eigenvalue weighted by Gasteiger charge is 2.62. The van der Waals surface area contributed by atoms with Crippen LogP contribution >= 0.6 is 0 Å². The second-order valence-electron chi connectivity index (χ2n) is 22.8. The standard InChI is InChI=1S/C64H57N/c1-5-13-56-50(9-1)54-36-43(20-25-58(54)63(56)45-22-17-38-27-39(30-45)31-46(63)29-38)62(42-18-23-49(24-19-42)65-60-15-7-3-11-52(60)53-12-4-8-16-61(53)65)44-21-26-59-55(37-44)51-10-2-6-14-57(51)64(59)47-32-40-28-41(34-47)35-48(64)33-40/h1-16,18-21,23-26,36-41,45-48,62H,17,22,27-35H2. The molecule has 8 fully saturated rings. The quantitative estimate of drug-likeness (QED) is 0.156. The van der Waals surface area contributed by atoms with Gasteiger partial charge in [0.15, 0.2) is 0 Å². The van der Waals surface area contributed by atoms with E-state index in [4.69, 9.17) is 0 Å². The van der Waals surface area contributed by atoms with Gasteiger partial charge in [-0.05, 0) is 209 Å². The number of hydrogen-bond acceptors (Lipinski definition) is 0. The van der Waals surface area contributed by atoms with Crippen molar-refractivity contribution >= 4 is 21.8 Å². The molecular formula is C64H57N. The minimum atomic E-state index is 0.102. The molecule has 7 aromatic carbocycles. The minimum absolute atomic E-state index is 0.102. The van der Waals surface area contributed by atoms with E-state index < -0.39 is 0 Å². The molecule has 2 spiro atoms. The van der Waals surface area contributed by atoms with Gasteiger partial charge in [0.1, 0.15) is 0 Å². The SMILES string of the molecule is c1ccc2c(c1)-c1cc(C(c3ccc(-n4c5ccccc5c5ccccc54)cc3)c3ccc4c(c3)-c3ccccc3C43C4CC5CC(C4)CC3C5)ccc1C21C2CCC3CC(C2)CC1C3. The summed E-state index contributed by atoms with van der Waals surface area (Å²) in [5.74, 6) is 6.92. The number of rotatable bonds is 4. The summed E-state index contributed by atoms with van der Waals surface area (Å²) in [7, 11) is 0. The zero-order valence-corrected chi connectivity index (χ0v) is 37.4. The van der Waals surface area contributed by atoms with Gasteiger partial charge in [-0.2, -0.15) is 0 Å². The third kappa shape index (κ3) is 4.66. The fourth-order valence-corrected chi connectivity index (χ4v) is 18.4. The Morgan fingerprint density at radius 3 is 1.35 bits per heavy atom. The van der Waals surface area contributed by atoms with E-state index in [0.717, 1.165) is 47.3 Å². The molecule has 1 aromatic heterocycles. The molecule has 1 heteroatoms. The monoisotopic (exact) mass is 839 g/mol. The maximum absolute atomic E-state index is 2.69. The molecule has 0 N–H and O–H groups in total. The largest absolute Gasteiger partial charge is 0.309 e. The van der Waals surface area contributed by atoms with Crippen molar-refractivity contribution in [3.63, 3.8) is 0 Å². The molecule has 0 amide bonds. The Labute approximate surface area is 383 Å². The topological polar surface area (TPSA) is 4.93 Å². The van der Waals surface area contributed by atoms with Crippen molar-refractivity contribution in [1.82, 2.24) is 4.57 Å². The van der Waals surface area contributed by atoms with Crippen LogP contribution in [-0.2, 0) is 10.8 Å². The molecule has 8 bridgehead atoms. The molecule has 6 unspecified atom stereocenters. The average Bonchev–Trinajstić information content (AvgIpc) is 3.87. The Balaban J connectivity index is 0.889. The van der Waals surface area contributed by atoms with Gasteiger partial charge in [0, 0.05) is 33.2 Å². The summed E-state index contributed by atoms with van der Waals surface area (Å²) >= 11 is 0. The van der Waals surface area contributed by atoms with Crippen LogP contribution < -0.4 is 0 Å². The number of fused-ring (bicyclic) bond motifs is 10. The Bertz CT molecular complexity index is 3200. The second-order valence-corrected chi connectivity index (χ2v) is 22.8. The number of benzene rings is 7. The van der Waals surface area contributed by atoms with E-state index in [9.17, 15) is 0 Å².